The van der Waals surface area contributed by atoms with E-state index in [0.717, 1.165) is 39.5 Å². The largest absolute Gasteiger partial charge is 0.453 e. The van der Waals surface area contributed by atoms with E-state index in [2.05, 4.69) is 57.8 Å². The minimum atomic E-state index is -0.607. The van der Waals surface area contributed by atoms with Crippen LogP contribution >= 0.6 is 36.2 Å². The molecule has 0 saturated heterocycles. The normalized spacial score (nSPS) is 10.9. The number of thiol groups is 1. The van der Waals surface area contributed by atoms with Gasteiger partial charge in [-0.05, 0) is 59.2 Å². The molecule has 42 heavy (non-hydrogen) atoms. The second kappa shape index (κ2) is 13.8. The number of amides is 1. The number of halogens is 2. The molecule has 0 aliphatic carbocycles. The number of nitrogens with zero attached hydrogens (tertiary/aromatic N) is 1. The van der Waals surface area contributed by atoms with Gasteiger partial charge in [-0.2, -0.15) is 12.6 Å². The summed E-state index contributed by atoms with van der Waals surface area (Å²) in [6, 6.07) is 22.0. The van der Waals surface area contributed by atoms with Crippen LogP contribution in [0.3, 0.4) is 0 Å². The lowest BCUT2D eigenvalue weighted by molar-refractivity contribution is -0.119. The van der Waals surface area contributed by atoms with Gasteiger partial charge in [-0.3, -0.25) is 9.78 Å². The molecular weight excluding hydrogens is 595 g/mol. The number of rotatable bonds is 10. The summed E-state index contributed by atoms with van der Waals surface area (Å²) in [5.41, 5.74) is 3.98. The number of thiophene rings is 1. The number of aromatic nitrogens is 1. The Hall–Kier alpha value is -3.90. The zero-order chi connectivity index (χ0) is 29.5. The van der Waals surface area contributed by atoms with E-state index in [4.69, 9.17) is 17.0 Å². The third-order valence-corrected chi connectivity index (χ3v) is 7.79. The fourth-order valence-corrected chi connectivity index (χ4v) is 5.60. The molecule has 214 valence electrons. The van der Waals surface area contributed by atoms with E-state index in [9.17, 15) is 9.18 Å². The highest BCUT2D eigenvalue weighted by molar-refractivity contribution is 7.80. The Kier molecular flexibility index (Phi) is 9.75. The maximum Gasteiger partial charge on any atom is 0.230 e. The summed E-state index contributed by atoms with van der Waals surface area (Å²) in [4.78, 5) is 17.7. The van der Waals surface area contributed by atoms with E-state index in [1.54, 1.807) is 18.3 Å². The fraction of sp³-hybridized carbons (Fsp3) is 0.129. The van der Waals surface area contributed by atoms with Crippen molar-refractivity contribution in [3.63, 3.8) is 0 Å². The molecule has 6 nitrogen and oxygen atoms in total. The van der Waals surface area contributed by atoms with Crippen LogP contribution in [0.1, 0.15) is 11.1 Å². The van der Waals surface area contributed by atoms with Gasteiger partial charge >= 0.3 is 0 Å². The van der Waals surface area contributed by atoms with E-state index < -0.39 is 5.82 Å². The van der Waals surface area contributed by atoms with E-state index in [0.29, 0.717) is 17.0 Å². The molecule has 5 aromatic rings. The Morgan fingerprint density at radius 1 is 0.952 bits per heavy atom. The molecule has 2 aromatic heterocycles. The van der Waals surface area contributed by atoms with Gasteiger partial charge in [-0.25, -0.2) is 8.78 Å². The first kappa shape index (κ1) is 29.6. The molecule has 2 heterocycles. The van der Waals surface area contributed by atoms with Crippen molar-refractivity contribution in [2.45, 2.75) is 13.0 Å². The highest BCUT2D eigenvalue weighted by Crippen LogP contribution is 2.39. The van der Waals surface area contributed by atoms with Gasteiger partial charge in [-0.1, -0.05) is 36.4 Å². The zero-order valence-electron chi connectivity index (χ0n) is 22.2. The molecule has 0 aliphatic heterocycles. The van der Waals surface area contributed by atoms with Gasteiger partial charge in [0.15, 0.2) is 16.7 Å². The Labute approximate surface area is 256 Å². The molecule has 1 amide bonds. The summed E-state index contributed by atoms with van der Waals surface area (Å²) in [5, 5.41) is 8.68. The van der Waals surface area contributed by atoms with Gasteiger partial charge in [0.2, 0.25) is 5.91 Å². The first-order chi connectivity index (χ1) is 20.4. The summed E-state index contributed by atoms with van der Waals surface area (Å²) in [7, 11) is 0. The molecule has 11 heteroatoms. The summed E-state index contributed by atoms with van der Waals surface area (Å²) in [5.74, 6) is -0.0524. The minimum absolute atomic E-state index is 0.0130. The van der Waals surface area contributed by atoms with Crippen LogP contribution < -0.4 is 20.7 Å². The molecule has 5 rings (SSSR count). The molecule has 0 bridgehead atoms. The average molecular weight is 621 g/mol. The number of hydrogen-bond acceptors (Lipinski definition) is 7. The lowest BCUT2D eigenvalue weighted by Gasteiger charge is -2.12. The Morgan fingerprint density at radius 3 is 2.45 bits per heavy atom. The van der Waals surface area contributed by atoms with Crippen molar-refractivity contribution < 1.29 is 18.3 Å². The standard InChI is InChI=1S/C31H26F2N4O2S3/c32-22-7-3-19(4-8-22)15-29(38)37-31(41)36-23-9-10-26(24(33)16-23)39-27-11-12-35-25-17-28(42-30(25)27)21-5-1-20(2-6-21)18-34-13-14-40/h1-12,16-17,34,40H,13-15,18H2,(H2,36,37,38,41). The lowest BCUT2D eigenvalue weighted by atomic mass is 10.1. The third-order valence-electron chi connectivity index (χ3n) is 6.17. The molecule has 0 unspecified atom stereocenters. The van der Waals surface area contributed by atoms with Crippen LogP contribution in [-0.2, 0) is 17.8 Å². The number of pyridine rings is 1. The van der Waals surface area contributed by atoms with Gasteiger partial charge in [-0.15, -0.1) is 11.3 Å². The highest BCUT2D eigenvalue weighted by Gasteiger charge is 2.14. The predicted molar refractivity (Wildman–Crippen MR) is 172 cm³/mol. The van der Waals surface area contributed by atoms with Crippen molar-refractivity contribution in [2.75, 3.05) is 17.6 Å². The lowest BCUT2D eigenvalue weighted by Crippen LogP contribution is -2.35. The quantitative estimate of drug-likeness (QED) is 0.0758. The molecule has 0 saturated carbocycles. The Balaban J connectivity index is 1.23. The number of anilines is 1. The number of fused-ring (bicyclic) bond motifs is 1. The Bertz CT molecular complexity index is 1710. The van der Waals surface area contributed by atoms with E-state index in [-0.39, 0.29) is 29.0 Å². The highest BCUT2D eigenvalue weighted by atomic mass is 32.1. The number of thiocarbonyl (C=S) groups is 1. The summed E-state index contributed by atoms with van der Waals surface area (Å²) >= 11 is 10.9. The van der Waals surface area contributed by atoms with Gasteiger partial charge < -0.3 is 20.7 Å². The second-order valence-corrected chi connectivity index (χ2v) is 11.2. The molecular formula is C31H26F2N4O2S3. The maximum absolute atomic E-state index is 15.0. The first-order valence-electron chi connectivity index (χ1n) is 13.0. The topological polar surface area (TPSA) is 75.3 Å². The fourth-order valence-electron chi connectivity index (χ4n) is 4.14. The number of hydrogen-bond donors (Lipinski definition) is 4. The van der Waals surface area contributed by atoms with Crippen molar-refractivity contribution in [3.8, 4) is 21.9 Å². The smallest absolute Gasteiger partial charge is 0.230 e. The van der Waals surface area contributed by atoms with Crippen molar-refractivity contribution in [1.82, 2.24) is 15.6 Å². The summed E-state index contributed by atoms with van der Waals surface area (Å²) in [6.07, 6.45) is 1.65. The van der Waals surface area contributed by atoms with Gasteiger partial charge in [0.25, 0.3) is 0 Å². The third kappa shape index (κ3) is 7.68. The Morgan fingerprint density at radius 2 is 1.71 bits per heavy atom. The number of carbonyl (C=O) groups excluding carboxylic acids is 1. The van der Waals surface area contributed by atoms with Crippen LogP contribution in [-0.4, -0.2) is 28.3 Å². The van der Waals surface area contributed by atoms with Crippen molar-refractivity contribution in [1.29, 1.82) is 0 Å². The first-order valence-corrected chi connectivity index (χ1v) is 14.9. The second-order valence-electron chi connectivity index (χ2n) is 9.28. The van der Waals surface area contributed by atoms with E-state index >= 15 is 4.39 Å². The molecule has 0 radical (unpaired) electrons. The van der Waals surface area contributed by atoms with E-state index in [1.807, 2.05) is 6.07 Å². The van der Waals surface area contributed by atoms with Gasteiger partial charge in [0.1, 0.15) is 11.6 Å². The van der Waals surface area contributed by atoms with Gasteiger partial charge in [0, 0.05) is 47.7 Å². The van der Waals surface area contributed by atoms with Crippen LogP contribution in [0.2, 0.25) is 0 Å². The van der Waals surface area contributed by atoms with Crippen molar-refractivity contribution in [3.05, 3.63) is 108 Å². The zero-order valence-corrected chi connectivity index (χ0v) is 24.7. The number of benzene rings is 3. The molecule has 0 spiro atoms. The van der Waals surface area contributed by atoms with Crippen LogP contribution in [0.25, 0.3) is 20.7 Å². The summed E-state index contributed by atoms with van der Waals surface area (Å²) in [6.45, 7) is 1.63. The van der Waals surface area contributed by atoms with Crippen LogP contribution in [0.4, 0.5) is 14.5 Å². The molecule has 0 atom stereocenters. The predicted octanol–water partition coefficient (Wildman–Crippen LogP) is 7.11. The maximum atomic E-state index is 15.0. The van der Waals surface area contributed by atoms with Crippen LogP contribution in [0, 0.1) is 11.6 Å². The molecule has 3 aromatic carbocycles. The van der Waals surface area contributed by atoms with E-state index in [1.165, 1.54) is 53.3 Å². The number of ether oxygens (including phenoxy) is 1. The number of nitrogens with one attached hydrogen (secondary N) is 3. The molecule has 3 N–H and O–H groups in total. The minimum Gasteiger partial charge on any atom is -0.453 e. The SMILES string of the molecule is O=C(Cc1ccc(F)cc1)NC(=S)Nc1ccc(Oc2ccnc3cc(-c4ccc(CNCCS)cc4)sc23)c(F)c1. The molecule has 0 fully saturated rings. The average Bonchev–Trinajstić information content (AvgIpc) is 3.41. The number of carbonyl (C=O) groups is 1. The molecule has 0 aliphatic rings. The van der Waals surface area contributed by atoms with Crippen LogP contribution in [0.15, 0.2) is 85.1 Å². The summed E-state index contributed by atoms with van der Waals surface area (Å²) < 4.78 is 34.9. The van der Waals surface area contributed by atoms with Crippen LogP contribution in [0.5, 0.6) is 11.5 Å². The van der Waals surface area contributed by atoms with Crippen molar-refractivity contribution >= 4 is 63.1 Å². The monoisotopic (exact) mass is 620 g/mol. The van der Waals surface area contributed by atoms with Gasteiger partial charge in [0.05, 0.1) is 16.6 Å². The van der Waals surface area contributed by atoms with Crippen molar-refractivity contribution in [2.24, 2.45) is 0 Å².